The summed E-state index contributed by atoms with van der Waals surface area (Å²) in [5.74, 6) is 10.3. The van der Waals surface area contributed by atoms with E-state index in [9.17, 15) is 10.2 Å². The largest absolute Gasteiger partial charge is 0.508 e. The first-order valence-corrected chi connectivity index (χ1v) is 15.9. The Morgan fingerprint density at radius 1 is 1.10 bits per heavy atom. The van der Waals surface area contributed by atoms with Gasteiger partial charge in [-0.25, -0.2) is 0 Å². The second-order valence-corrected chi connectivity index (χ2v) is 15.4. The summed E-state index contributed by atoms with van der Waals surface area (Å²) in [6.07, 6.45) is 13.4. The lowest BCUT2D eigenvalue weighted by molar-refractivity contribution is -0.309. The topological polar surface area (TPSA) is 75.7 Å². The number of benzene rings is 1. The van der Waals surface area contributed by atoms with Crippen LogP contribution in [0.25, 0.3) is 0 Å². The maximum absolute atomic E-state index is 10.3. The second kappa shape index (κ2) is 9.78. The Balaban J connectivity index is 1.47. The Kier molecular flexibility index (Phi) is 6.93. The molecule has 2 heterocycles. The van der Waals surface area contributed by atoms with Gasteiger partial charge in [0.2, 0.25) is 0 Å². The van der Waals surface area contributed by atoms with E-state index in [0.717, 1.165) is 43.1 Å². The average Bonchev–Trinajstić information content (AvgIpc) is 3.21. The number of aromatic hydroxyl groups is 1. The van der Waals surface area contributed by atoms with Crippen LogP contribution in [0.5, 0.6) is 5.75 Å². The van der Waals surface area contributed by atoms with Crippen LogP contribution in [0.4, 0.5) is 0 Å². The molecule has 7 rings (SSSR count). The Labute approximate surface area is 236 Å². The van der Waals surface area contributed by atoms with Crippen LogP contribution >= 0.6 is 0 Å². The van der Waals surface area contributed by atoms with Gasteiger partial charge in [0.1, 0.15) is 5.75 Å². The molecule has 6 aliphatic rings. The number of hydrogen-bond acceptors (Lipinski definition) is 4. The third kappa shape index (κ3) is 4.65. The molecule has 1 aromatic rings. The van der Waals surface area contributed by atoms with Gasteiger partial charge < -0.3 is 20.7 Å². The van der Waals surface area contributed by atoms with Crippen LogP contribution in [0.1, 0.15) is 103 Å². The fraction of sp³-hybridized carbons (Fsp3) is 0.771. The van der Waals surface area contributed by atoms with Crippen molar-refractivity contribution in [3.8, 4) is 17.6 Å². The molecule has 0 unspecified atom stereocenters. The molecule has 0 amide bonds. The summed E-state index contributed by atoms with van der Waals surface area (Å²) in [6.45, 7) is 9.33. The van der Waals surface area contributed by atoms with Crippen LogP contribution in [0.3, 0.4) is 0 Å². The zero-order valence-corrected chi connectivity index (χ0v) is 24.8. The first-order chi connectivity index (χ1) is 18.5. The normalized spacial score (nSPS) is 42.4. The molecule has 2 saturated heterocycles. The first-order valence-electron chi connectivity index (χ1n) is 15.9. The molecule has 2 aliphatic heterocycles. The predicted molar refractivity (Wildman–Crippen MR) is 156 cm³/mol. The molecular formula is C35H51NO3. The van der Waals surface area contributed by atoms with E-state index in [2.05, 4.69) is 45.6 Å². The number of aliphatic hydroxyl groups excluding tert-OH is 1. The Morgan fingerprint density at radius 3 is 2.67 bits per heavy atom. The van der Waals surface area contributed by atoms with Gasteiger partial charge in [-0.05, 0) is 137 Å². The van der Waals surface area contributed by atoms with Crippen LogP contribution < -0.4 is 5.73 Å². The van der Waals surface area contributed by atoms with Gasteiger partial charge in [-0.1, -0.05) is 31.8 Å². The number of aliphatic hydroxyl groups is 1. The quantitative estimate of drug-likeness (QED) is 0.392. The molecule has 4 nitrogen and oxygen atoms in total. The lowest BCUT2D eigenvalue weighted by Crippen LogP contribution is -2.77. The lowest BCUT2D eigenvalue weighted by atomic mass is 9.47. The van der Waals surface area contributed by atoms with Crippen LogP contribution in [0.2, 0.25) is 0 Å². The highest BCUT2D eigenvalue weighted by molar-refractivity contribution is 5.39. The maximum atomic E-state index is 10.3. The van der Waals surface area contributed by atoms with Crippen molar-refractivity contribution < 1.29 is 14.9 Å². The summed E-state index contributed by atoms with van der Waals surface area (Å²) in [4.78, 5) is 0. The number of ether oxygens (including phenoxy) is 1. The third-order valence-electron chi connectivity index (χ3n) is 11.9. The molecule has 2 spiro atoms. The Bertz CT molecular complexity index is 1150. The van der Waals surface area contributed by atoms with Crippen molar-refractivity contribution in [2.45, 2.75) is 121 Å². The Hall–Kier alpha value is -1.54. The van der Waals surface area contributed by atoms with Crippen molar-refractivity contribution in [3.05, 3.63) is 29.3 Å². The lowest BCUT2D eigenvalue weighted by Gasteiger charge is -2.68. The second-order valence-electron chi connectivity index (χ2n) is 15.4. The van der Waals surface area contributed by atoms with Gasteiger partial charge in [0, 0.05) is 24.5 Å². The van der Waals surface area contributed by atoms with Crippen LogP contribution in [-0.2, 0) is 17.6 Å². The summed E-state index contributed by atoms with van der Waals surface area (Å²) < 4.78 is 7.35. The maximum Gasteiger partial charge on any atom is 0.115 e. The highest BCUT2D eigenvalue weighted by Gasteiger charge is 2.69. The standard InChI is InChI=1S/C35H51NO3/c1-23(2)16-24-10-12-33(20-24)21-25-17-27-8-9-29(38)19-26(27)6-5-7-31-34(36,14-15-37)30-11-13-35(31,28(18-25)22-33)39-32(30,3)4/h8-9,19,23-25,28,30-31,37-38H,6,10-18,20-22,36H2,1-4H3/t24-,25+,28-,30+,31+,33-,34-,35-/m1/s1. The van der Waals surface area contributed by atoms with Crippen molar-refractivity contribution >= 4 is 0 Å². The van der Waals surface area contributed by atoms with Crippen molar-refractivity contribution in [2.75, 3.05) is 6.61 Å². The van der Waals surface area contributed by atoms with Gasteiger partial charge in [-0.2, -0.15) is 0 Å². The van der Waals surface area contributed by atoms with Crippen molar-refractivity contribution in [1.29, 1.82) is 0 Å². The highest BCUT2D eigenvalue weighted by atomic mass is 16.5. The predicted octanol–water partition coefficient (Wildman–Crippen LogP) is 6.40. The van der Waals surface area contributed by atoms with E-state index in [0.29, 0.717) is 35.8 Å². The summed E-state index contributed by atoms with van der Waals surface area (Å²) in [5, 5.41) is 20.6. The van der Waals surface area contributed by atoms with Crippen molar-refractivity contribution in [3.63, 3.8) is 0 Å². The van der Waals surface area contributed by atoms with Crippen molar-refractivity contribution in [1.82, 2.24) is 0 Å². The SMILES string of the molecule is CC(C)C[C@H]1CC[C@@]2(C1)C[C@H]1Cc3ccc(O)cc3CC#C[C@H]3[C@@](N)(CCO)[C@H]4CC[C@@]3(OC4(C)C)[C@H](C1)C2. The molecule has 4 N–H and O–H groups in total. The van der Waals surface area contributed by atoms with Gasteiger partial charge in [0.25, 0.3) is 0 Å². The third-order valence-corrected chi connectivity index (χ3v) is 11.9. The van der Waals surface area contributed by atoms with E-state index in [1.807, 2.05) is 12.1 Å². The van der Waals surface area contributed by atoms with Crippen LogP contribution in [0, 0.1) is 52.8 Å². The van der Waals surface area contributed by atoms with Gasteiger partial charge in [0.05, 0.1) is 17.1 Å². The van der Waals surface area contributed by atoms with Crippen LogP contribution in [-0.4, -0.2) is 33.6 Å². The summed E-state index contributed by atoms with van der Waals surface area (Å²) in [6, 6.07) is 5.93. The molecule has 5 fully saturated rings. The number of nitrogens with two attached hydrogens (primary N) is 1. The summed E-state index contributed by atoms with van der Waals surface area (Å²) in [7, 11) is 0. The smallest absolute Gasteiger partial charge is 0.115 e. The first kappa shape index (κ1) is 27.6. The number of rotatable bonds is 4. The minimum atomic E-state index is -0.562. The summed E-state index contributed by atoms with van der Waals surface area (Å²) >= 11 is 0. The molecule has 3 saturated carbocycles. The zero-order chi connectivity index (χ0) is 27.6. The molecule has 0 aromatic heterocycles. The average molecular weight is 534 g/mol. The molecule has 8 atom stereocenters. The molecule has 4 aliphatic carbocycles. The van der Waals surface area contributed by atoms with Crippen LogP contribution in [0.15, 0.2) is 18.2 Å². The molecule has 4 heteroatoms. The molecule has 1 aromatic carbocycles. The monoisotopic (exact) mass is 533 g/mol. The van der Waals surface area contributed by atoms with E-state index in [-0.39, 0.29) is 29.6 Å². The zero-order valence-electron chi connectivity index (χ0n) is 24.8. The fourth-order valence-corrected chi connectivity index (χ4v) is 10.8. The molecular weight excluding hydrogens is 482 g/mol. The molecule has 0 radical (unpaired) electrons. The van der Waals surface area contributed by atoms with E-state index in [4.69, 9.17) is 10.5 Å². The highest BCUT2D eigenvalue weighted by Crippen LogP contribution is 2.65. The summed E-state index contributed by atoms with van der Waals surface area (Å²) in [5.41, 5.74) is 9.08. The number of fused-ring (bicyclic) bond motifs is 5. The van der Waals surface area contributed by atoms with Crippen molar-refractivity contribution in [2.24, 2.45) is 46.7 Å². The van der Waals surface area contributed by atoms with Gasteiger partial charge in [-0.15, -0.1) is 0 Å². The number of phenolic OH excluding ortho intramolecular Hbond substituents is 1. The van der Waals surface area contributed by atoms with Gasteiger partial charge in [-0.3, -0.25) is 0 Å². The van der Waals surface area contributed by atoms with Gasteiger partial charge >= 0.3 is 0 Å². The van der Waals surface area contributed by atoms with Gasteiger partial charge in [0.15, 0.2) is 0 Å². The molecule has 39 heavy (non-hydrogen) atoms. The molecule has 4 bridgehead atoms. The van der Waals surface area contributed by atoms with E-state index >= 15 is 0 Å². The fourth-order valence-electron chi connectivity index (χ4n) is 10.8. The Morgan fingerprint density at radius 2 is 1.92 bits per heavy atom. The number of phenols is 1. The van der Waals surface area contributed by atoms with E-state index in [1.165, 1.54) is 44.1 Å². The number of hydrogen-bond donors (Lipinski definition) is 3. The van der Waals surface area contributed by atoms with E-state index in [1.54, 1.807) is 0 Å². The minimum absolute atomic E-state index is 0.0855. The minimum Gasteiger partial charge on any atom is -0.508 e. The molecule has 214 valence electrons. The van der Waals surface area contributed by atoms with E-state index < -0.39 is 5.54 Å².